The molecule has 0 aromatic heterocycles. The van der Waals surface area contributed by atoms with Crippen LogP contribution >= 0.6 is 15.9 Å². The van der Waals surface area contributed by atoms with Crippen molar-refractivity contribution in [3.8, 4) is 5.75 Å². The molecule has 0 aliphatic heterocycles. The molecule has 2 aromatic carbocycles. The molecule has 4 N–H and O–H groups in total. The number of carbonyl (C=O) groups excluding carboxylic acids is 1. The number of rotatable bonds is 2. The second kappa shape index (κ2) is 5.27. The van der Waals surface area contributed by atoms with Crippen molar-refractivity contribution in [2.24, 2.45) is 0 Å². The average Bonchev–Trinajstić information content (AvgIpc) is 2.37. The van der Waals surface area contributed by atoms with Crippen LogP contribution in [0.3, 0.4) is 0 Å². The predicted octanol–water partition coefficient (Wildman–Crippen LogP) is 3.13. The zero-order chi connectivity index (χ0) is 14.0. The molecule has 0 fully saturated rings. The van der Waals surface area contributed by atoms with Crippen molar-refractivity contribution in [3.63, 3.8) is 0 Å². The van der Waals surface area contributed by atoms with Crippen molar-refractivity contribution in [2.75, 3.05) is 11.1 Å². The summed E-state index contributed by atoms with van der Waals surface area (Å²) in [5, 5.41) is 11.9. The quantitative estimate of drug-likeness (QED) is 0.586. The molecule has 4 nitrogen and oxygen atoms in total. The molecule has 0 aliphatic carbocycles. The third kappa shape index (κ3) is 2.85. The molecular formula is C13H10BrFN2O2. The number of amides is 1. The number of anilines is 2. The van der Waals surface area contributed by atoms with Gasteiger partial charge in [0.05, 0.1) is 11.4 Å². The molecule has 0 spiro atoms. The highest BCUT2D eigenvalue weighted by Gasteiger charge is 2.13. The number of benzene rings is 2. The number of aromatic hydroxyl groups is 1. The highest BCUT2D eigenvalue weighted by Crippen LogP contribution is 2.26. The number of phenolic OH excluding ortho intramolecular Hbond substituents is 1. The third-order valence-corrected chi connectivity index (χ3v) is 3.15. The van der Waals surface area contributed by atoms with Crippen LogP contribution in [0.2, 0.25) is 0 Å². The first-order valence-corrected chi connectivity index (χ1v) is 6.12. The Balaban J connectivity index is 2.28. The first-order valence-electron chi connectivity index (χ1n) is 5.33. The van der Waals surface area contributed by atoms with Crippen LogP contribution in [-0.2, 0) is 0 Å². The standard InChI is InChI=1S/C13H10BrFN2O2/c14-8-2-1-3-9(15)12(8)17-13(19)7-4-5-10(16)11(18)6-7/h1-6,18H,16H2,(H,17,19). The number of nitrogen functional groups attached to an aromatic ring is 1. The lowest BCUT2D eigenvalue weighted by molar-refractivity contribution is 0.102. The fraction of sp³-hybridized carbons (Fsp3) is 0. The third-order valence-electron chi connectivity index (χ3n) is 2.49. The molecule has 19 heavy (non-hydrogen) atoms. The van der Waals surface area contributed by atoms with Gasteiger partial charge in [-0.2, -0.15) is 0 Å². The maximum absolute atomic E-state index is 13.6. The number of carbonyl (C=O) groups is 1. The van der Waals surface area contributed by atoms with Gasteiger partial charge in [0.1, 0.15) is 11.6 Å². The smallest absolute Gasteiger partial charge is 0.255 e. The molecular weight excluding hydrogens is 315 g/mol. The topological polar surface area (TPSA) is 75.4 Å². The lowest BCUT2D eigenvalue weighted by atomic mass is 10.1. The number of nitrogens with one attached hydrogen (secondary N) is 1. The fourth-order valence-corrected chi connectivity index (χ4v) is 1.93. The minimum Gasteiger partial charge on any atom is -0.506 e. The van der Waals surface area contributed by atoms with Crippen LogP contribution in [0.15, 0.2) is 40.9 Å². The summed E-state index contributed by atoms with van der Waals surface area (Å²) >= 11 is 3.15. The summed E-state index contributed by atoms with van der Waals surface area (Å²) in [4.78, 5) is 11.9. The van der Waals surface area contributed by atoms with Crippen molar-refractivity contribution in [3.05, 3.63) is 52.3 Å². The largest absolute Gasteiger partial charge is 0.506 e. The Bertz CT molecular complexity index is 626. The number of phenols is 1. The first kappa shape index (κ1) is 13.4. The van der Waals surface area contributed by atoms with E-state index in [2.05, 4.69) is 21.2 Å². The van der Waals surface area contributed by atoms with Crippen molar-refractivity contribution in [1.82, 2.24) is 0 Å². The van der Waals surface area contributed by atoms with Gasteiger partial charge in [-0.15, -0.1) is 0 Å². The van der Waals surface area contributed by atoms with Gasteiger partial charge in [-0.25, -0.2) is 4.39 Å². The maximum atomic E-state index is 13.6. The van der Waals surface area contributed by atoms with Crippen LogP contribution in [0.5, 0.6) is 5.75 Å². The number of nitrogens with two attached hydrogens (primary N) is 1. The minimum absolute atomic E-state index is 0.0452. The van der Waals surface area contributed by atoms with Gasteiger partial charge in [-0.3, -0.25) is 4.79 Å². The predicted molar refractivity (Wildman–Crippen MR) is 74.6 cm³/mol. The van der Waals surface area contributed by atoms with E-state index in [1.54, 1.807) is 6.07 Å². The second-order valence-electron chi connectivity index (χ2n) is 3.82. The normalized spacial score (nSPS) is 10.2. The molecule has 1 amide bonds. The van der Waals surface area contributed by atoms with E-state index in [0.717, 1.165) is 0 Å². The monoisotopic (exact) mass is 324 g/mol. The van der Waals surface area contributed by atoms with E-state index in [-0.39, 0.29) is 22.7 Å². The summed E-state index contributed by atoms with van der Waals surface area (Å²) < 4.78 is 14.0. The Hall–Kier alpha value is -2.08. The van der Waals surface area contributed by atoms with E-state index < -0.39 is 11.7 Å². The van der Waals surface area contributed by atoms with E-state index in [9.17, 15) is 14.3 Å². The van der Waals surface area contributed by atoms with E-state index in [0.29, 0.717) is 4.47 Å². The van der Waals surface area contributed by atoms with Gasteiger partial charge >= 0.3 is 0 Å². The minimum atomic E-state index is -0.553. The first-order chi connectivity index (χ1) is 8.99. The van der Waals surface area contributed by atoms with Crippen molar-refractivity contribution in [2.45, 2.75) is 0 Å². The highest BCUT2D eigenvalue weighted by atomic mass is 79.9. The van der Waals surface area contributed by atoms with Gasteiger partial charge in [0, 0.05) is 10.0 Å². The van der Waals surface area contributed by atoms with Crippen LogP contribution in [0, 0.1) is 5.82 Å². The molecule has 0 atom stereocenters. The molecule has 2 aromatic rings. The second-order valence-corrected chi connectivity index (χ2v) is 4.68. The molecule has 0 unspecified atom stereocenters. The van der Waals surface area contributed by atoms with E-state index in [1.807, 2.05) is 0 Å². The Morgan fingerprint density at radius 1 is 1.32 bits per heavy atom. The Kier molecular flexibility index (Phi) is 3.71. The molecule has 98 valence electrons. The van der Waals surface area contributed by atoms with E-state index >= 15 is 0 Å². The molecule has 0 heterocycles. The molecule has 0 saturated heterocycles. The zero-order valence-corrected chi connectivity index (χ0v) is 11.2. The van der Waals surface area contributed by atoms with Crippen LogP contribution < -0.4 is 11.1 Å². The maximum Gasteiger partial charge on any atom is 0.255 e. The van der Waals surface area contributed by atoms with Gasteiger partial charge < -0.3 is 16.2 Å². The number of para-hydroxylation sites is 1. The fourth-order valence-electron chi connectivity index (χ4n) is 1.49. The Morgan fingerprint density at radius 3 is 2.68 bits per heavy atom. The summed E-state index contributed by atoms with van der Waals surface area (Å²) in [5.74, 6) is -1.29. The van der Waals surface area contributed by atoms with Crippen LogP contribution in [0.4, 0.5) is 15.8 Å². The summed E-state index contributed by atoms with van der Waals surface area (Å²) in [5.41, 5.74) is 5.84. The molecule has 0 saturated carbocycles. The summed E-state index contributed by atoms with van der Waals surface area (Å²) in [7, 11) is 0. The van der Waals surface area contributed by atoms with E-state index in [1.165, 1.54) is 30.3 Å². The molecule has 6 heteroatoms. The van der Waals surface area contributed by atoms with Crippen LogP contribution in [0.1, 0.15) is 10.4 Å². The lowest BCUT2D eigenvalue weighted by Gasteiger charge is -2.09. The Labute approximate surface area is 117 Å². The average molecular weight is 325 g/mol. The highest BCUT2D eigenvalue weighted by molar-refractivity contribution is 9.10. The van der Waals surface area contributed by atoms with Crippen molar-refractivity contribution >= 4 is 33.2 Å². The summed E-state index contributed by atoms with van der Waals surface area (Å²) in [6, 6.07) is 8.43. The van der Waals surface area contributed by atoms with Gasteiger partial charge in [-0.05, 0) is 46.3 Å². The molecule has 2 rings (SSSR count). The molecule has 0 radical (unpaired) electrons. The van der Waals surface area contributed by atoms with Gasteiger partial charge in [-0.1, -0.05) is 6.07 Å². The number of hydrogen-bond donors (Lipinski definition) is 3. The van der Waals surface area contributed by atoms with Crippen molar-refractivity contribution in [1.29, 1.82) is 0 Å². The molecule has 0 aliphatic rings. The Morgan fingerprint density at radius 2 is 2.05 bits per heavy atom. The van der Waals surface area contributed by atoms with Crippen LogP contribution in [-0.4, -0.2) is 11.0 Å². The van der Waals surface area contributed by atoms with Gasteiger partial charge in [0.2, 0.25) is 0 Å². The number of hydrogen-bond acceptors (Lipinski definition) is 3. The summed E-state index contributed by atoms with van der Waals surface area (Å²) in [6.45, 7) is 0. The van der Waals surface area contributed by atoms with Gasteiger partial charge in [0.25, 0.3) is 5.91 Å². The summed E-state index contributed by atoms with van der Waals surface area (Å²) in [6.07, 6.45) is 0. The zero-order valence-electron chi connectivity index (χ0n) is 9.65. The molecule has 0 bridgehead atoms. The lowest BCUT2D eigenvalue weighted by Crippen LogP contribution is -2.13. The van der Waals surface area contributed by atoms with E-state index in [4.69, 9.17) is 5.73 Å². The SMILES string of the molecule is Nc1ccc(C(=O)Nc2c(F)cccc2Br)cc1O. The van der Waals surface area contributed by atoms with Crippen LogP contribution in [0.25, 0.3) is 0 Å². The van der Waals surface area contributed by atoms with Crippen molar-refractivity contribution < 1.29 is 14.3 Å². The van der Waals surface area contributed by atoms with Gasteiger partial charge in [0.15, 0.2) is 0 Å². The number of halogens is 2.